The molecule has 0 saturated heterocycles. The molecule has 0 N–H and O–H groups in total. The van der Waals surface area contributed by atoms with Crippen LogP contribution in [0.2, 0.25) is 0 Å². The van der Waals surface area contributed by atoms with Gasteiger partial charge < -0.3 is 4.74 Å². The Morgan fingerprint density at radius 2 is 1.58 bits per heavy atom. The largest absolute Gasteiger partial charge is 0.462 e. The molecule has 1 unspecified atom stereocenters. The van der Waals surface area contributed by atoms with Gasteiger partial charge in [-0.25, -0.2) is 0 Å². The van der Waals surface area contributed by atoms with Crippen LogP contribution in [0.15, 0.2) is 0 Å². The third-order valence-corrected chi connectivity index (χ3v) is 12.9. The summed E-state index contributed by atoms with van der Waals surface area (Å²) in [6, 6.07) is 0. The molecule has 0 aliphatic heterocycles. The van der Waals surface area contributed by atoms with Crippen LogP contribution in [0.3, 0.4) is 0 Å². The molecule has 38 heavy (non-hydrogen) atoms. The first-order chi connectivity index (χ1) is 18.2. The van der Waals surface area contributed by atoms with E-state index in [0.29, 0.717) is 11.8 Å². The lowest BCUT2D eigenvalue weighted by atomic mass is 9.44. The van der Waals surface area contributed by atoms with Crippen LogP contribution in [0, 0.1) is 52.3 Å². The number of carbonyl (C=O) groups excluding carboxylic acids is 1. The first kappa shape index (κ1) is 30.4. The predicted molar refractivity (Wildman–Crippen MR) is 161 cm³/mol. The average Bonchev–Trinajstić information content (AvgIpc) is 3.23. The summed E-state index contributed by atoms with van der Waals surface area (Å²) in [5.74, 6) is 6.03. The monoisotopic (exact) mass is 528 g/mol. The lowest BCUT2D eigenvalue weighted by Gasteiger charge is -2.62. The fourth-order valence-corrected chi connectivity index (χ4v) is 10.8. The molecule has 0 aromatic rings. The van der Waals surface area contributed by atoms with E-state index < -0.39 is 0 Å². The number of carbonyl (C=O) groups is 1. The zero-order valence-corrected chi connectivity index (χ0v) is 26.4. The fraction of sp³-hybridized carbons (Fsp3) is 0.972. The molecule has 0 radical (unpaired) electrons. The van der Waals surface area contributed by atoms with Crippen molar-refractivity contribution >= 4 is 5.97 Å². The van der Waals surface area contributed by atoms with E-state index in [-0.39, 0.29) is 17.5 Å². The van der Waals surface area contributed by atoms with Gasteiger partial charge in [0.2, 0.25) is 0 Å². The highest BCUT2D eigenvalue weighted by molar-refractivity contribution is 5.69. The predicted octanol–water partition coefficient (Wildman–Crippen LogP) is 10.8. The van der Waals surface area contributed by atoms with E-state index in [2.05, 4.69) is 41.5 Å². The summed E-state index contributed by atoms with van der Waals surface area (Å²) in [6.45, 7) is 14.9. The van der Waals surface area contributed by atoms with Gasteiger partial charge in [-0.2, -0.15) is 0 Å². The maximum Gasteiger partial charge on any atom is 0.306 e. The Bertz CT molecular complexity index is 744. The summed E-state index contributed by atoms with van der Waals surface area (Å²) >= 11 is 0. The second-order valence-electron chi connectivity index (χ2n) is 15.5. The number of unbranched alkanes of at least 4 members (excludes halogenated alkanes) is 5. The lowest BCUT2D eigenvalue weighted by molar-refractivity contribution is -0.192. The van der Waals surface area contributed by atoms with Crippen LogP contribution in [0.5, 0.6) is 0 Å². The van der Waals surface area contributed by atoms with Crippen LogP contribution in [0.25, 0.3) is 0 Å². The van der Waals surface area contributed by atoms with E-state index in [9.17, 15) is 4.79 Å². The normalized spacial score (nSPS) is 39.3. The first-order valence-electron chi connectivity index (χ1n) is 17.4. The van der Waals surface area contributed by atoms with Crippen LogP contribution in [-0.4, -0.2) is 12.1 Å². The minimum atomic E-state index is 0.103. The number of hydrogen-bond acceptors (Lipinski definition) is 2. The molecule has 4 aliphatic carbocycles. The van der Waals surface area contributed by atoms with Gasteiger partial charge in [0, 0.05) is 11.8 Å². The van der Waals surface area contributed by atoms with E-state index in [1.807, 2.05) is 0 Å². The molecular formula is C36H64O2. The smallest absolute Gasteiger partial charge is 0.306 e. The third kappa shape index (κ3) is 6.35. The molecule has 9 atom stereocenters. The van der Waals surface area contributed by atoms with E-state index in [0.717, 1.165) is 54.3 Å². The Balaban J connectivity index is 1.39. The van der Waals surface area contributed by atoms with Crippen molar-refractivity contribution in [2.75, 3.05) is 0 Å². The third-order valence-electron chi connectivity index (χ3n) is 12.9. The second kappa shape index (κ2) is 13.4. The molecule has 2 nitrogen and oxygen atoms in total. The molecule has 0 heterocycles. The first-order valence-corrected chi connectivity index (χ1v) is 17.4. The molecular weight excluding hydrogens is 464 g/mol. The van der Waals surface area contributed by atoms with Gasteiger partial charge in [0.25, 0.3) is 0 Å². The van der Waals surface area contributed by atoms with E-state index in [1.165, 1.54) is 103 Å². The Morgan fingerprint density at radius 1 is 0.816 bits per heavy atom. The highest BCUT2D eigenvalue weighted by Crippen LogP contribution is 2.68. The molecule has 4 aliphatic rings. The molecule has 0 aromatic carbocycles. The fourth-order valence-electron chi connectivity index (χ4n) is 10.8. The molecule has 4 saturated carbocycles. The van der Waals surface area contributed by atoms with Crippen molar-refractivity contribution in [3.05, 3.63) is 0 Å². The van der Waals surface area contributed by atoms with Gasteiger partial charge in [0.05, 0.1) is 0 Å². The second-order valence-corrected chi connectivity index (χ2v) is 15.5. The van der Waals surface area contributed by atoms with Gasteiger partial charge in [-0.1, -0.05) is 92.9 Å². The van der Waals surface area contributed by atoms with E-state index >= 15 is 0 Å². The van der Waals surface area contributed by atoms with E-state index in [4.69, 9.17) is 4.74 Å². The minimum absolute atomic E-state index is 0.103. The Kier molecular flexibility index (Phi) is 10.7. The maximum atomic E-state index is 13.0. The summed E-state index contributed by atoms with van der Waals surface area (Å²) in [5, 5.41) is 0. The molecule has 4 rings (SSSR count). The Hall–Kier alpha value is -0.530. The van der Waals surface area contributed by atoms with Crippen LogP contribution < -0.4 is 0 Å². The van der Waals surface area contributed by atoms with Crippen LogP contribution in [-0.2, 0) is 9.53 Å². The molecule has 0 bridgehead atoms. The summed E-state index contributed by atoms with van der Waals surface area (Å²) in [4.78, 5) is 13.0. The van der Waals surface area contributed by atoms with Crippen LogP contribution in [0.1, 0.15) is 164 Å². The van der Waals surface area contributed by atoms with Gasteiger partial charge in [-0.15, -0.1) is 0 Å². The number of rotatable bonds is 13. The van der Waals surface area contributed by atoms with Gasteiger partial charge in [-0.05, 0) is 111 Å². The number of ether oxygens (including phenoxy) is 1. The topological polar surface area (TPSA) is 26.3 Å². The maximum absolute atomic E-state index is 13.0. The molecule has 4 fully saturated rings. The zero-order valence-electron chi connectivity index (χ0n) is 26.4. The average molecular weight is 529 g/mol. The van der Waals surface area contributed by atoms with Gasteiger partial charge in [0.1, 0.15) is 6.10 Å². The number of fused-ring (bicyclic) bond motifs is 5. The van der Waals surface area contributed by atoms with Gasteiger partial charge >= 0.3 is 5.97 Å². The zero-order chi connectivity index (χ0) is 27.3. The van der Waals surface area contributed by atoms with Crippen molar-refractivity contribution in [2.24, 2.45) is 52.3 Å². The lowest BCUT2D eigenvalue weighted by Crippen LogP contribution is -2.58. The summed E-state index contributed by atoms with van der Waals surface area (Å²) < 4.78 is 6.46. The van der Waals surface area contributed by atoms with Crippen molar-refractivity contribution in [2.45, 2.75) is 170 Å². The van der Waals surface area contributed by atoms with Crippen molar-refractivity contribution in [3.8, 4) is 0 Å². The SMILES string of the molecule is CCCCCCCCC(=O)OC1CCC[C@H]2CC[C@H]3[C@@H]4CC[C@H]([C@H](C)CCCC(C)C)[C@@]4(C)CC[C@@H]3[C@@]12C. The van der Waals surface area contributed by atoms with Crippen molar-refractivity contribution in [3.63, 3.8) is 0 Å². The molecule has 220 valence electrons. The Labute approximate surface area is 237 Å². The quantitative estimate of drug-likeness (QED) is 0.175. The van der Waals surface area contributed by atoms with Crippen LogP contribution in [0.4, 0.5) is 0 Å². The van der Waals surface area contributed by atoms with Crippen molar-refractivity contribution in [1.29, 1.82) is 0 Å². The van der Waals surface area contributed by atoms with E-state index in [1.54, 1.807) is 0 Å². The van der Waals surface area contributed by atoms with Crippen LogP contribution >= 0.6 is 0 Å². The molecule has 0 amide bonds. The van der Waals surface area contributed by atoms with Gasteiger partial charge in [-0.3, -0.25) is 4.79 Å². The van der Waals surface area contributed by atoms with Crippen molar-refractivity contribution < 1.29 is 9.53 Å². The Morgan fingerprint density at radius 3 is 2.34 bits per heavy atom. The van der Waals surface area contributed by atoms with Crippen molar-refractivity contribution in [1.82, 2.24) is 0 Å². The summed E-state index contributed by atoms with van der Waals surface area (Å²) in [6.07, 6.45) is 24.7. The summed E-state index contributed by atoms with van der Waals surface area (Å²) in [7, 11) is 0. The number of hydrogen-bond donors (Lipinski definition) is 0. The highest BCUT2D eigenvalue weighted by atomic mass is 16.5. The molecule has 0 spiro atoms. The number of esters is 1. The van der Waals surface area contributed by atoms with Gasteiger partial charge in [0.15, 0.2) is 0 Å². The molecule has 2 heteroatoms. The minimum Gasteiger partial charge on any atom is -0.462 e. The standard InChI is InChI=1S/C36H64O2/c1-7-8-9-10-11-12-19-34(37)38-33-18-14-17-28-20-21-29-31-23-22-30(27(4)16-13-15-26(2)3)35(31,5)25-24-32(29)36(28,33)6/h26-33H,7-25H2,1-6H3/t27-,28+,29+,30-,31+,32+,33?,35-,36+/m1/s1. The highest BCUT2D eigenvalue weighted by Gasteiger charge is 2.62. The summed E-state index contributed by atoms with van der Waals surface area (Å²) in [5.41, 5.74) is 0.750. The molecule has 0 aromatic heterocycles.